The number of esters is 2. The van der Waals surface area contributed by atoms with Crippen LogP contribution in [0.1, 0.15) is 13.3 Å². The van der Waals surface area contributed by atoms with Crippen LogP contribution in [0.3, 0.4) is 0 Å². The second-order valence-corrected chi connectivity index (χ2v) is 2.63. The van der Waals surface area contributed by atoms with E-state index in [0.29, 0.717) is 6.61 Å². The summed E-state index contributed by atoms with van der Waals surface area (Å²) in [7, 11) is 2.52. The molecule has 0 aliphatic carbocycles. The quantitative estimate of drug-likeness (QED) is 0.371. The number of rotatable bonds is 6. The van der Waals surface area contributed by atoms with Crippen molar-refractivity contribution in [3.63, 3.8) is 0 Å². The van der Waals surface area contributed by atoms with Crippen molar-refractivity contribution in [1.82, 2.24) is 0 Å². The van der Waals surface area contributed by atoms with Crippen molar-refractivity contribution in [1.29, 1.82) is 0 Å². The third-order valence-electron chi connectivity index (χ3n) is 1.66. The molecular weight excluding hydrogens is 200 g/mol. The van der Waals surface area contributed by atoms with Gasteiger partial charge in [-0.1, -0.05) is 0 Å². The zero-order valence-electron chi connectivity index (χ0n) is 9.24. The Morgan fingerprint density at radius 1 is 1.20 bits per heavy atom. The molecule has 0 saturated carbocycles. The van der Waals surface area contributed by atoms with Crippen molar-refractivity contribution in [2.45, 2.75) is 13.3 Å². The molecule has 0 N–H and O–H groups in total. The molecule has 5 nitrogen and oxygen atoms in total. The lowest BCUT2D eigenvalue weighted by molar-refractivity contribution is -0.143. The summed E-state index contributed by atoms with van der Waals surface area (Å²) in [6, 6.07) is 0. The highest BCUT2D eigenvalue weighted by atomic mass is 16.5. The largest absolute Gasteiger partial charge is 0.469 e. The Kier molecular flexibility index (Phi) is 7.27. The summed E-state index contributed by atoms with van der Waals surface area (Å²) in [6.45, 7) is 2.66. The Morgan fingerprint density at radius 3 is 2.33 bits per heavy atom. The molecular formula is C10H16O5. The van der Waals surface area contributed by atoms with E-state index in [1.807, 2.05) is 6.92 Å². The summed E-state index contributed by atoms with van der Waals surface area (Å²) in [5.74, 6) is -1.02. The third kappa shape index (κ3) is 5.85. The summed E-state index contributed by atoms with van der Waals surface area (Å²) in [5, 5.41) is 0. The molecule has 0 heterocycles. The van der Waals surface area contributed by atoms with Gasteiger partial charge in [-0.05, 0) is 13.0 Å². The second kappa shape index (κ2) is 7.99. The van der Waals surface area contributed by atoms with Crippen molar-refractivity contribution in [3.8, 4) is 0 Å². The minimum atomic E-state index is -0.542. The van der Waals surface area contributed by atoms with E-state index < -0.39 is 11.9 Å². The fraction of sp³-hybridized carbons (Fsp3) is 0.600. The predicted octanol–water partition coefficient (Wildman–Crippen LogP) is 0.685. The van der Waals surface area contributed by atoms with Crippen LogP contribution in [0.2, 0.25) is 0 Å². The van der Waals surface area contributed by atoms with Crippen LogP contribution in [0.25, 0.3) is 0 Å². The molecule has 0 aromatic heterocycles. The van der Waals surface area contributed by atoms with E-state index in [1.165, 1.54) is 20.3 Å². The maximum atomic E-state index is 11.2. The fourth-order valence-electron chi connectivity index (χ4n) is 0.864. The number of carbonyl (C=O) groups is 2. The Hall–Kier alpha value is -1.36. The van der Waals surface area contributed by atoms with E-state index >= 15 is 0 Å². The molecule has 0 aromatic rings. The first-order chi connectivity index (χ1) is 7.15. The zero-order chi connectivity index (χ0) is 11.7. The van der Waals surface area contributed by atoms with Crippen LogP contribution in [-0.4, -0.2) is 39.4 Å². The fourth-order valence-corrected chi connectivity index (χ4v) is 0.864. The predicted molar refractivity (Wildman–Crippen MR) is 53.2 cm³/mol. The minimum absolute atomic E-state index is 0.101. The highest BCUT2D eigenvalue weighted by molar-refractivity contribution is 5.93. The lowest BCUT2D eigenvalue weighted by Gasteiger charge is -2.04. The molecule has 0 aliphatic rings. The van der Waals surface area contributed by atoms with Crippen molar-refractivity contribution in [3.05, 3.63) is 11.6 Å². The summed E-state index contributed by atoms with van der Waals surface area (Å²) in [5.41, 5.74) is 0.248. The first-order valence-electron chi connectivity index (χ1n) is 4.57. The maximum Gasteiger partial charge on any atom is 0.334 e. The standard InChI is InChI=1S/C10H16O5/c1-4-15-6-5-8(10(12)14-3)7-9(11)13-2/h5H,4,6-7H2,1-3H3. The normalized spacial score (nSPS) is 11.0. The number of ether oxygens (including phenoxy) is 3. The van der Waals surface area contributed by atoms with Gasteiger partial charge in [0.15, 0.2) is 0 Å². The molecule has 0 saturated heterocycles. The number of hydrogen-bond donors (Lipinski definition) is 0. The first-order valence-corrected chi connectivity index (χ1v) is 4.57. The van der Waals surface area contributed by atoms with Gasteiger partial charge in [0.1, 0.15) is 0 Å². The van der Waals surface area contributed by atoms with Gasteiger partial charge in [-0.25, -0.2) is 4.79 Å². The van der Waals surface area contributed by atoms with Gasteiger partial charge in [0.25, 0.3) is 0 Å². The van der Waals surface area contributed by atoms with Crippen LogP contribution in [0, 0.1) is 0 Å². The zero-order valence-corrected chi connectivity index (χ0v) is 9.24. The Morgan fingerprint density at radius 2 is 1.87 bits per heavy atom. The summed E-state index contributed by atoms with van der Waals surface area (Å²) in [6.07, 6.45) is 1.42. The van der Waals surface area contributed by atoms with Crippen LogP contribution < -0.4 is 0 Å². The van der Waals surface area contributed by atoms with Crippen molar-refractivity contribution in [2.24, 2.45) is 0 Å². The van der Waals surface area contributed by atoms with Crippen LogP contribution in [0.4, 0.5) is 0 Å². The summed E-state index contributed by atoms with van der Waals surface area (Å²) >= 11 is 0. The van der Waals surface area contributed by atoms with Gasteiger partial charge in [-0.3, -0.25) is 4.79 Å². The van der Waals surface area contributed by atoms with Crippen LogP contribution in [0.15, 0.2) is 11.6 Å². The smallest absolute Gasteiger partial charge is 0.334 e. The van der Waals surface area contributed by atoms with Crippen molar-refractivity contribution < 1.29 is 23.8 Å². The molecule has 0 radical (unpaired) electrons. The lowest BCUT2D eigenvalue weighted by Crippen LogP contribution is -2.12. The molecule has 0 bridgehead atoms. The van der Waals surface area contributed by atoms with Crippen LogP contribution >= 0.6 is 0 Å². The molecule has 5 heteroatoms. The molecule has 86 valence electrons. The molecule has 0 fully saturated rings. The van der Waals surface area contributed by atoms with E-state index in [1.54, 1.807) is 0 Å². The highest BCUT2D eigenvalue weighted by Gasteiger charge is 2.14. The summed E-state index contributed by atoms with van der Waals surface area (Å²) in [4.78, 5) is 22.2. The van der Waals surface area contributed by atoms with E-state index in [4.69, 9.17) is 4.74 Å². The maximum absolute atomic E-state index is 11.2. The Balaban J connectivity index is 4.36. The van der Waals surface area contributed by atoms with E-state index in [-0.39, 0.29) is 18.6 Å². The average molecular weight is 216 g/mol. The summed E-state index contributed by atoms with van der Waals surface area (Å²) < 4.78 is 14.0. The van der Waals surface area contributed by atoms with Crippen molar-refractivity contribution in [2.75, 3.05) is 27.4 Å². The molecule has 15 heavy (non-hydrogen) atoms. The number of carbonyl (C=O) groups excluding carboxylic acids is 2. The molecule has 0 spiro atoms. The second-order valence-electron chi connectivity index (χ2n) is 2.63. The van der Waals surface area contributed by atoms with Gasteiger partial charge in [-0.15, -0.1) is 0 Å². The molecule has 0 aromatic carbocycles. The van der Waals surface area contributed by atoms with Gasteiger partial charge in [0.2, 0.25) is 0 Å². The van der Waals surface area contributed by atoms with Crippen LogP contribution in [-0.2, 0) is 23.8 Å². The van der Waals surface area contributed by atoms with E-state index in [9.17, 15) is 9.59 Å². The van der Waals surface area contributed by atoms with Crippen molar-refractivity contribution >= 4 is 11.9 Å². The van der Waals surface area contributed by atoms with Gasteiger partial charge in [-0.2, -0.15) is 0 Å². The highest BCUT2D eigenvalue weighted by Crippen LogP contribution is 2.05. The van der Waals surface area contributed by atoms with Crippen LogP contribution in [0.5, 0.6) is 0 Å². The van der Waals surface area contributed by atoms with Gasteiger partial charge < -0.3 is 14.2 Å². The number of hydrogen-bond acceptors (Lipinski definition) is 5. The average Bonchev–Trinajstić information content (AvgIpc) is 2.26. The Bertz CT molecular complexity index is 244. The Labute approximate surface area is 89.0 Å². The minimum Gasteiger partial charge on any atom is -0.469 e. The third-order valence-corrected chi connectivity index (χ3v) is 1.66. The van der Waals surface area contributed by atoms with Gasteiger partial charge in [0, 0.05) is 12.2 Å². The lowest BCUT2D eigenvalue weighted by atomic mass is 10.2. The molecule has 0 rings (SSSR count). The van der Waals surface area contributed by atoms with E-state index in [2.05, 4.69) is 9.47 Å². The first kappa shape index (κ1) is 13.6. The molecule has 0 unspecified atom stereocenters. The van der Waals surface area contributed by atoms with Gasteiger partial charge >= 0.3 is 11.9 Å². The molecule has 0 atom stereocenters. The number of methoxy groups -OCH3 is 2. The molecule has 0 amide bonds. The van der Waals surface area contributed by atoms with Gasteiger partial charge in [0.05, 0.1) is 27.2 Å². The SMILES string of the molecule is CCOCC=C(CC(=O)OC)C(=O)OC. The van der Waals surface area contributed by atoms with E-state index in [0.717, 1.165) is 0 Å². The topological polar surface area (TPSA) is 61.8 Å². The molecule has 0 aliphatic heterocycles. The monoisotopic (exact) mass is 216 g/mol.